The monoisotopic (exact) mass is 490 g/mol. The third-order valence-electron chi connectivity index (χ3n) is 6.59. The lowest BCUT2D eigenvalue weighted by molar-refractivity contribution is -0.162. The van der Waals surface area contributed by atoms with Crippen molar-refractivity contribution in [1.82, 2.24) is 9.71 Å². The van der Waals surface area contributed by atoms with Gasteiger partial charge in [-0.1, -0.05) is 12.1 Å². The maximum atomic E-state index is 12.8. The number of pyridine rings is 1. The third kappa shape index (κ3) is 5.93. The van der Waals surface area contributed by atoms with E-state index in [9.17, 15) is 9.66 Å². The molecular formula is C26H38N2O5S. The number of nitrogens with one attached hydrogen (secondary N) is 1. The number of fused-ring (bicyclic) bond motifs is 1. The van der Waals surface area contributed by atoms with Gasteiger partial charge in [0, 0.05) is 36.2 Å². The Labute approximate surface area is 205 Å². The molecule has 2 unspecified atom stereocenters. The van der Waals surface area contributed by atoms with Crippen LogP contribution in [0.5, 0.6) is 0 Å². The summed E-state index contributed by atoms with van der Waals surface area (Å²) in [5, 5.41) is 12.0. The highest BCUT2D eigenvalue weighted by Crippen LogP contribution is 2.35. The second-order valence-corrected chi connectivity index (χ2v) is 12.3. The summed E-state index contributed by atoms with van der Waals surface area (Å²) in [6.07, 6.45) is 7.76. The molecule has 0 aliphatic carbocycles. The van der Waals surface area contributed by atoms with Crippen LogP contribution in [0.15, 0.2) is 24.4 Å². The van der Waals surface area contributed by atoms with Crippen LogP contribution >= 0.6 is 0 Å². The Balaban J connectivity index is 1.46. The minimum atomic E-state index is -1.21. The summed E-state index contributed by atoms with van der Waals surface area (Å²) in [6.45, 7) is 8.25. The van der Waals surface area contributed by atoms with Crippen LogP contribution in [-0.4, -0.2) is 52.1 Å². The number of aromatic nitrogens is 1. The number of aryl methyl sites for hydroxylation is 1. The van der Waals surface area contributed by atoms with Gasteiger partial charge in [0.15, 0.2) is 6.29 Å². The molecule has 34 heavy (non-hydrogen) atoms. The fourth-order valence-corrected chi connectivity index (χ4v) is 5.32. The molecule has 0 radical (unpaired) electrons. The number of aliphatic hydroxyl groups excluding tert-OH is 1. The zero-order chi connectivity index (χ0) is 24.2. The standard InChI is InChI=1S/C26H38N2O5S/c1-25(2,3)34(30)28-26(17-31-18-26)20-10-11-21-19(14-20)15-27-23(16-29)22(21)8-4-6-12-32-24-9-5-7-13-33-24/h10-11,14-15,24,28-29H,4-9,12-13,16-18H2,1-3H3. The highest BCUT2D eigenvalue weighted by molar-refractivity contribution is 7.90. The molecule has 2 aliphatic rings. The molecule has 2 N–H and O–H groups in total. The zero-order valence-electron chi connectivity index (χ0n) is 20.6. The van der Waals surface area contributed by atoms with Gasteiger partial charge in [0.2, 0.25) is 0 Å². The summed E-state index contributed by atoms with van der Waals surface area (Å²) in [4.78, 5) is 4.55. The Bertz CT molecular complexity index is 954. The number of rotatable bonds is 10. The lowest BCUT2D eigenvalue weighted by atomic mass is 9.87. The predicted octanol–water partition coefficient (Wildman–Crippen LogP) is 3.87. The molecule has 2 atom stereocenters. The fraction of sp³-hybridized carbons (Fsp3) is 0.654. The average Bonchev–Trinajstić information content (AvgIpc) is 2.80. The molecule has 4 rings (SSSR count). The molecule has 0 saturated carbocycles. The summed E-state index contributed by atoms with van der Waals surface area (Å²) in [5.41, 5.74) is 2.41. The molecular weight excluding hydrogens is 452 g/mol. The van der Waals surface area contributed by atoms with Crippen LogP contribution in [0.2, 0.25) is 0 Å². The number of hydrogen-bond acceptors (Lipinski definition) is 7. The summed E-state index contributed by atoms with van der Waals surface area (Å²) in [6, 6.07) is 6.31. The molecule has 2 saturated heterocycles. The van der Waals surface area contributed by atoms with E-state index in [1.807, 2.05) is 27.0 Å². The van der Waals surface area contributed by atoms with Crippen LogP contribution in [0.3, 0.4) is 0 Å². The minimum absolute atomic E-state index is 0.0524. The van der Waals surface area contributed by atoms with Gasteiger partial charge in [0.05, 0.1) is 25.5 Å². The summed E-state index contributed by atoms with van der Waals surface area (Å²) in [7, 11) is 0. The lowest BCUT2D eigenvalue weighted by Gasteiger charge is -2.43. The summed E-state index contributed by atoms with van der Waals surface area (Å²) < 4.78 is 32.8. The van der Waals surface area contributed by atoms with Crippen molar-refractivity contribution in [1.29, 1.82) is 0 Å². The van der Waals surface area contributed by atoms with Crippen LogP contribution in [0, 0.1) is 0 Å². The van der Waals surface area contributed by atoms with Crippen molar-refractivity contribution in [2.45, 2.75) is 82.5 Å². The first-order valence-electron chi connectivity index (χ1n) is 12.3. The summed E-state index contributed by atoms with van der Waals surface area (Å²) >= 11 is -1.21. The Kier molecular flexibility index (Phi) is 8.51. The van der Waals surface area contributed by atoms with Gasteiger partial charge < -0.3 is 23.9 Å². The normalized spacial score (nSPS) is 21.4. The fourth-order valence-electron chi connectivity index (χ4n) is 4.42. The van der Waals surface area contributed by atoms with Gasteiger partial charge in [-0.3, -0.25) is 4.98 Å². The van der Waals surface area contributed by atoms with Gasteiger partial charge in [-0.25, -0.2) is 0 Å². The van der Waals surface area contributed by atoms with Crippen molar-refractivity contribution in [3.63, 3.8) is 0 Å². The van der Waals surface area contributed by atoms with E-state index < -0.39 is 16.9 Å². The molecule has 0 amide bonds. The number of ether oxygens (including phenoxy) is 3. The molecule has 7 nitrogen and oxygen atoms in total. The van der Waals surface area contributed by atoms with Crippen molar-refractivity contribution >= 4 is 22.1 Å². The van der Waals surface area contributed by atoms with E-state index in [1.54, 1.807) is 0 Å². The number of nitrogens with zero attached hydrogens (tertiary/aromatic N) is 1. The highest BCUT2D eigenvalue weighted by atomic mass is 32.2. The predicted molar refractivity (Wildman–Crippen MR) is 134 cm³/mol. The molecule has 1 aromatic heterocycles. The SMILES string of the molecule is CC(C)(C)[S+]([O-])NC1(c2ccc3c(CCCCOC4CCCCO4)c(CO)ncc3c2)COC1. The van der Waals surface area contributed by atoms with Crippen LogP contribution < -0.4 is 4.72 Å². The Morgan fingerprint density at radius 3 is 2.74 bits per heavy atom. The quantitative estimate of drug-likeness (QED) is 0.386. The van der Waals surface area contributed by atoms with Crippen LogP contribution in [-0.2, 0) is 44.1 Å². The Hall–Kier alpha value is -1.26. The average molecular weight is 491 g/mol. The van der Waals surface area contributed by atoms with Gasteiger partial charge in [-0.2, -0.15) is 0 Å². The first-order valence-corrected chi connectivity index (χ1v) is 13.5. The van der Waals surface area contributed by atoms with E-state index in [4.69, 9.17) is 14.2 Å². The molecule has 8 heteroatoms. The molecule has 0 bridgehead atoms. The molecule has 2 fully saturated rings. The van der Waals surface area contributed by atoms with E-state index in [0.717, 1.165) is 66.3 Å². The molecule has 2 aliphatic heterocycles. The van der Waals surface area contributed by atoms with E-state index in [1.165, 1.54) is 6.42 Å². The van der Waals surface area contributed by atoms with E-state index in [-0.39, 0.29) is 17.6 Å². The van der Waals surface area contributed by atoms with Crippen LogP contribution in [0.1, 0.15) is 69.7 Å². The molecule has 2 aromatic rings. The number of benzene rings is 1. The number of aliphatic hydroxyl groups is 1. The van der Waals surface area contributed by atoms with Crippen molar-refractivity contribution in [2.24, 2.45) is 0 Å². The molecule has 0 spiro atoms. The second-order valence-electron chi connectivity index (χ2n) is 10.3. The first-order chi connectivity index (χ1) is 16.3. The Morgan fingerprint density at radius 2 is 2.09 bits per heavy atom. The maximum absolute atomic E-state index is 12.8. The maximum Gasteiger partial charge on any atom is 0.157 e. The lowest BCUT2D eigenvalue weighted by Crippen LogP contribution is -2.61. The topological polar surface area (TPSA) is 95.9 Å². The van der Waals surface area contributed by atoms with Gasteiger partial charge in [-0.05, 0) is 81.9 Å². The van der Waals surface area contributed by atoms with Crippen molar-refractivity contribution in [3.8, 4) is 0 Å². The first kappa shape index (κ1) is 25.8. The van der Waals surface area contributed by atoms with Crippen molar-refractivity contribution < 1.29 is 23.9 Å². The van der Waals surface area contributed by atoms with E-state index >= 15 is 0 Å². The van der Waals surface area contributed by atoms with E-state index in [0.29, 0.717) is 19.8 Å². The second kappa shape index (κ2) is 11.2. The zero-order valence-corrected chi connectivity index (χ0v) is 21.4. The van der Waals surface area contributed by atoms with Gasteiger partial charge >= 0.3 is 0 Å². The minimum Gasteiger partial charge on any atom is -0.598 e. The van der Waals surface area contributed by atoms with Crippen LogP contribution in [0.25, 0.3) is 10.8 Å². The smallest absolute Gasteiger partial charge is 0.157 e. The van der Waals surface area contributed by atoms with E-state index in [2.05, 4.69) is 27.9 Å². The summed E-state index contributed by atoms with van der Waals surface area (Å²) in [5.74, 6) is 0. The van der Waals surface area contributed by atoms with Gasteiger partial charge in [0.1, 0.15) is 10.3 Å². The van der Waals surface area contributed by atoms with Crippen molar-refractivity contribution in [3.05, 3.63) is 41.2 Å². The van der Waals surface area contributed by atoms with Crippen LogP contribution in [0.4, 0.5) is 0 Å². The van der Waals surface area contributed by atoms with Gasteiger partial charge in [-0.15, -0.1) is 4.72 Å². The highest BCUT2D eigenvalue weighted by Gasteiger charge is 2.46. The molecule has 1 aromatic carbocycles. The number of hydrogen-bond donors (Lipinski definition) is 2. The largest absolute Gasteiger partial charge is 0.598 e. The molecule has 188 valence electrons. The van der Waals surface area contributed by atoms with Gasteiger partial charge in [0.25, 0.3) is 0 Å². The number of unbranched alkanes of at least 4 members (excludes halogenated alkanes) is 1. The third-order valence-corrected chi connectivity index (χ3v) is 8.28. The molecule has 3 heterocycles. The van der Waals surface area contributed by atoms with Crippen molar-refractivity contribution in [2.75, 3.05) is 26.4 Å². The Morgan fingerprint density at radius 1 is 1.26 bits per heavy atom.